The molecule has 1 aromatic heterocycles. The number of anilines is 2. The van der Waals surface area contributed by atoms with Gasteiger partial charge in [-0.3, -0.25) is 15.6 Å². The largest absolute Gasteiger partial charge is 0.331 e. The Morgan fingerprint density at radius 3 is 2.39 bits per heavy atom. The molecule has 33 heavy (non-hydrogen) atoms. The second kappa shape index (κ2) is 11.9. The maximum atomic E-state index is 12.4. The van der Waals surface area contributed by atoms with E-state index in [0.29, 0.717) is 11.4 Å². The topological polar surface area (TPSA) is 125 Å². The number of benzene rings is 2. The second-order valence-corrected chi connectivity index (χ2v) is 10.3. The minimum absolute atomic E-state index is 0.0182. The van der Waals surface area contributed by atoms with Crippen molar-refractivity contribution in [3.63, 3.8) is 0 Å². The smallest absolute Gasteiger partial charge is 0.264 e. The molecule has 3 rings (SSSR count). The Morgan fingerprint density at radius 2 is 1.70 bits per heavy atom. The lowest BCUT2D eigenvalue weighted by molar-refractivity contribution is -0.119. The molecule has 0 saturated carbocycles. The molecule has 0 bridgehead atoms. The highest BCUT2D eigenvalue weighted by Crippen LogP contribution is 2.21. The Balaban J connectivity index is 1.43. The van der Waals surface area contributed by atoms with E-state index in [1.807, 2.05) is 24.3 Å². The van der Waals surface area contributed by atoms with Crippen molar-refractivity contribution in [2.75, 3.05) is 15.8 Å². The summed E-state index contributed by atoms with van der Waals surface area (Å²) in [6.07, 6.45) is 2.87. The molecule has 0 atom stereocenters. The highest BCUT2D eigenvalue weighted by atomic mass is 79.9. The van der Waals surface area contributed by atoms with E-state index in [0.717, 1.165) is 10.0 Å². The number of aromatic nitrogens is 2. The van der Waals surface area contributed by atoms with Crippen molar-refractivity contribution >= 4 is 72.6 Å². The van der Waals surface area contributed by atoms with Crippen molar-refractivity contribution in [3.8, 4) is 0 Å². The van der Waals surface area contributed by atoms with E-state index in [2.05, 4.69) is 46.8 Å². The fourth-order valence-corrected chi connectivity index (χ4v) is 5.01. The first-order valence-electron chi connectivity index (χ1n) is 9.40. The summed E-state index contributed by atoms with van der Waals surface area (Å²) in [6, 6.07) is 15.3. The zero-order valence-corrected chi connectivity index (χ0v) is 21.0. The molecule has 1 heterocycles. The summed E-state index contributed by atoms with van der Waals surface area (Å²) in [5.74, 6) is 0.696. The Bertz CT molecular complexity index is 1210. The van der Waals surface area contributed by atoms with E-state index < -0.39 is 10.0 Å². The summed E-state index contributed by atoms with van der Waals surface area (Å²) in [5.41, 5.74) is 6.79. The number of rotatable bonds is 8. The first-order chi connectivity index (χ1) is 15.8. The first kappa shape index (κ1) is 24.9. The molecule has 0 unspecified atom stereocenters. The number of amides is 1. The van der Waals surface area contributed by atoms with E-state index in [1.165, 1.54) is 36.3 Å². The van der Waals surface area contributed by atoms with Crippen molar-refractivity contribution in [2.24, 2.45) is 0 Å². The number of nitrogens with zero attached hydrogens (tertiary/aromatic N) is 2. The molecule has 2 aromatic carbocycles. The van der Waals surface area contributed by atoms with E-state index in [-0.39, 0.29) is 27.6 Å². The van der Waals surface area contributed by atoms with Gasteiger partial charge in [0.15, 0.2) is 5.11 Å². The fourth-order valence-electron chi connectivity index (χ4n) is 2.44. The minimum atomic E-state index is -3.83. The predicted molar refractivity (Wildman–Crippen MR) is 137 cm³/mol. The third-order valence-corrected chi connectivity index (χ3v) is 7.28. The molecule has 0 aliphatic heterocycles. The summed E-state index contributed by atoms with van der Waals surface area (Å²) >= 11 is 10.1. The van der Waals surface area contributed by atoms with Gasteiger partial charge in [-0.05, 0) is 54.2 Å². The second-order valence-electron chi connectivity index (χ2n) is 6.41. The Labute approximate surface area is 209 Å². The van der Waals surface area contributed by atoms with Gasteiger partial charge >= 0.3 is 0 Å². The number of halogens is 1. The van der Waals surface area contributed by atoms with Crippen LogP contribution >= 0.6 is 39.9 Å². The summed E-state index contributed by atoms with van der Waals surface area (Å²) in [4.78, 5) is 19.7. The molecule has 4 N–H and O–H groups in total. The van der Waals surface area contributed by atoms with Crippen LogP contribution in [-0.2, 0) is 20.6 Å². The van der Waals surface area contributed by atoms with Gasteiger partial charge in [0.25, 0.3) is 10.0 Å². The maximum absolute atomic E-state index is 12.4. The monoisotopic (exact) mass is 566 g/mol. The molecule has 0 aliphatic carbocycles. The van der Waals surface area contributed by atoms with Crippen LogP contribution in [0.5, 0.6) is 0 Å². The van der Waals surface area contributed by atoms with Gasteiger partial charge in [0.05, 0.1) is 10.6 Å². The van der Waals surface area contributed by atoms with Crippen LogP contribution in [-0.4, -0.2) is 35.2 Å². The van der Waals surface area contributed by atoms with E-state index >= 15 is 0 Å². The molecular weight excluding hydrogens is 548 g/mol. The third kappa shape index (κ3) is 7.96. The van der Waals surface area contributed by atoms with Crippen molar-refractivity contribution in [1.29, 1.82) is 0 Å². The van der Waals surface area contributed by atoms with Crippen molar-refractivity contribution in [1.82, 2.24) is 20.8 Å². The summed E-state index contributed by atoms with van der Waals surface area (Å²) in [7, 11) is -3.83. The first-order valence-corrected chi connectivity index (χ1v) is 13.2. The Hall–Kier alpha value is -2.74. The minimum Gasteiger partial charge on any atom is -0.331 e. The molecule has 13 heteroatoms. The number of thiocarbonyl (C=S) groups is 1. The number of carbonyl (C=O) groups is 1. The molecule has 3 aromatic rings. The fraction of sp³-hybridized carbons (Fsp3) is 0.100. The van der Waals surface area contributed by atoms with Gasteiger partial charge in [0.1, 0.15) is 0 Å². The quantitative estimate of drug-likeness (QED) is 0.240. The lowest BCUT2D eigenvalue weighted by Crippen LogP contribution is -2.44. The highest BCUT2D eigenvalue weighted by Gasteiger charge is 2.15. The van der Waals surface area contributed by atoms with Gasteiger partial charge in [-0.15, -0.1) is 11.8 Å². The number of nitrogens with one attached hydrogen (secondary N) is 4. The van der Waals surface area contributed by atoms with Crippen LogP contribution in [0.15, 0.2) is 76.4 Å². The number of carbonyl (C=O) groups excluding carboxylic acids is 1. The normalized spacial score (nSPS) is 10.8. The van der Waals surface area contributed by atoms with Crippen LogP contribution in [0, 0.1) is 0 Å². The number of hydrazine groups is 1. The standard InChI is InChI=1S/C20H19BrN6O3S3/c21-17-5-2-1-4-14(17)12-32-13-18(28)25-26-20(31)24-15-6-8-16(9-7-15)33(29,30)27-19-22-10-3-11-23-19/h1-11H,12-13H2,(H,25,28)(H,22,23,27)(H2,24,26,31). The molecule has 172 valence electrons. The summed E-state index contributed by atoms with van der Waals surface area (Å²) in [6.45, 7) is 0. The van der Waals surface area contributed by atoms with Crippen LogP contribution in [0.3, 0.4) is 0 Å². The van der Waals surface area contributed by atoms with E-state index in [4.69, 9.17) is 12.2 Å². The number of sulfonamides is 1. The molecule has 0 aliphatic rings. The zero-order valence-electron chi connectivity index (χ0n) is 17.0. The average molecular weight is 568 g/mol. The van der Waals surface area contributed by atoms with Gasteiger partial charge in [0, 0.05) is 28.3 Å². The Morgan fingerprint density at radius 1 is 1.00 bits per heavy atom. The van der Waals surface area contributed by atoms with Gasteiger partial charge in [-0.1, -0.05) is 34.1 Å². The van der Waals surface area contributed by atoms with Crippen molar-refractivity contribution in [3.05, 3.63) is 77.0 Å². The van der Waals surface area contributed by atoms with E-state index in [1.54, 1.807) is 18.2 Å². The van der Waals surface area contributed by atoms with Gasteiger partial charge < -0.3 is 5.32 Å². The van der Waals surface area contributed by atoms with Gasteiger partial charge in [-0.25, -0.2) is 23.1 Å². The number of hydrogen-bond donors (Lipinski definition) is 4. The van der Waals surface area contributed by atoms with Crippen LogP contribution in [0.2, 0.25) is 0 Å². The van der Waals surface area contributed by atoms with E-state index in [9.17, 15) is 13.2 Å². The van der Waals surface area contributed by atoms with Crippen LogP contribution in [0.4, 0.5) is 11.6 Å². The molecule has 0 saturated heterocycles. The van der Waals surface area contributed by atoms with Gasteiger partial charge in [-0.2, -0.15) is 0 Å². The summed E-state index contributed by atoms with van der Waals surface area (Å²) < 4.78 is 28.1. The predicted octanol–water partition coefficient (Wildman–Crippen LogP) is 3.29. The van der Waals surface area contributed by atoms with Crippen LogP contribution < -0.4 is 20.9 Å². The number of hydrogen-bond acceptors (Lipinski definition) is 7. The van der Waals surface area contributed by atoms with Gasteiger partial charge in [0.2, 0.25) is 11.9 Å². The molecule has 0 radical (unpaired) electrons. The van der Waals surface area contributed by atoms with Crippen molar-refractivity contribution < 1.29 is 13.2 Å². The summed E-state index contributed by atoms with van der Waals surface area (Å²) in [5, 5.41) is 3.03. The molecule has 0 fully saturated rings. The van der Waals surface area contributed by atoms with Crippen LogP contribution in [0.1, 0.15) is 5.56 Å². The van der Waals surface area contributed by atoms with Crippen molar-refractivity contribution in [2.45, 2.75) is 10.6 Å². The lowest BCUT2D eigenvalue weighted by Gasteiger charge is -2.12. The van der Waals surface area contributed by atoms with Crippen LogP contribution in [0.25, 0.3) is 0 Å². The Kier molecular flexibility index (Phi) is 9.00. The number of thioether (sulfide) groups is 1. The highest BCUT2D eigenvalue weighted by molar-refractivity contribution is 9.10. The molecule has 9 nitrogen and oxygen atoms in total. The molecule has 1 amide bonds. The lowest BCUT2D eigenvalue weighted by atomic mass is 10.2. The molecular formula is C20H19BrN6O3S3. The molecule has 0 spiro atoms. The third-order valence-electron chi connectivity index (χ3n) is 3.98. The average Bonchev–Trinajstić information content (AvgIpc) is 2.80. The zero-order chi connectivity index (χ0) is 23.7. The maximum Gasteiger partial charge on any atom is 0.264 e. The SMILES string of the molecule is O=C(CSCc1ccccc1Br)NNC(=S)Nc1ccc(S(=O)(=O)Nc2ncccn2)cc1.